The number of rotatable bonds is 4. The summed E-state index contributed by atoms with van der Waals surface area (Å²) in [7, 11) is 2.01. The third kappa shape index (κ3) is 4.33. The van der Waals surface area contributed by atoms with Crippen LogP contribution in [0.5, 0.6) is 0 Å². The van der Waals surface area contributed by atoms with Crippen molar-refractivity contribution >= 4 is 12.8 Å². The molecule has 1 atom stereocenters. The van der Waals surface area contributed by atoms with Crippen molar-refractivity contribution in [1.29, 1.82) is 0 Å². The van der Waals surface area contributed by atoms with Gasteiger partial charge in [-0.15, -0.1) is 0 Å². The Balaban J connectivity index is 4.00. The average Bonchev–Trinajstić information content (AvgIpc) is 1.97. The van der Waals surface area contributed by atoms with E-state index >= 15 is 0 Å². The zero-order chi connectivity index (χ0) is 9.78. The predicted octanol–water partition coefficient (Wildman–Crippen LogP) is 1.79. The molecule has 1 unspecified atom stereocenters. The van der Waals surface area contributed by atoms with Crippen molar-refractivity contribution < 1.29 is 0 Å². The summed E-state index contributed by atoms with van der Waals surface area (Å²) in [6.07, 6.45) is 0. The molecule has 3 heteroatoms. The lowest BCUT2D eigenvalue weighted by atomic mass is 9.87. The first-order valence-corrected chi connectivity index (χ1v) is 4.93. The minimum absolute atomic E-state index is 0.297. The molecule has 0 aromatic rings. The summed E-state index contributed by atoms with van der Waals surface area (Å²) in [5, 5.41) is 3.32. The fraction of sp³-hybridized carbons (Fsp3) is 1.00. The minimum atomic E-state index is 0.297. The Kier molecular flexibility index (Phi) is 5.21. The van der Waals surface area contributed by atoms with Crippen LogP contribution >= 0.6 is 12.8 Å². The van der Waals surface area contributed by atoms with Crippen LogP contribution in [0.1, 0.15) is 27.7 Å². The monoisotopic (exact) mass is 190 g/mol. The Bertz CT molecular complexity index is 120. The number of hydrogen-bond donors (Lipinski definition) is 2. The van der Waals surface area contributed by atoms with Crippen molar-refractivity contribution in [2.45, 2.75) is 33.7 Å². The second-order valence-electron chi connectivity index (χ2n) is 4.21. The third-order valence-electron chi connectivity index (χ3n) is 2.15. The van der Waals surface area contributed by atoms with Crippen molar-refractivity contribution in [3.8, 4) is 0 Å². The molecule has 0 aliphatic rings. The van der Waals surface area contributed by atoms with E-state index in [1.165, 1.54) is 0 Å². The standard InChI is InChI=1S/C9H22N2S/c1-6-11(12)7-8(10-5)9(2,3)4/h8,10,12H,6-7H2,1-5H3. The van der Waals surface area contributed by atoms with Crippen LogP contribution in [-0.2, 0) is 0 Å². The van der Waals surface area contributed by atoms with Crippen LogP contribution in [-0.4, -0.2) is 30.5 Å². The summed E-state index contributed by atoms with van der Waals surface area (Å²) in [6, 6.07) is 0.495. The van der Waals surface area contributed by atoms with Gasteiger partial charge in [0.25, 0.3) is 0 Å². The number of nitrogens with one attached hydrogen (secondary N) is 1. The van der Waals surface area contributed by atoms with E-state index in [4.69, 9.17) is 0 Å². The molecular weight excluding hydrogens is 168 g/mol. The first-order chi connectivity index (χ1) is 5.41. The Morgan fingerprint density at radius 1 is 1.42 bits per heavy atom. The summed E-state index contributed by atoms with van der Waals surface area (Å²) in [4.78, 5) is 0. The Morgan fingerprint density at radius 3 is 2.17 bits per heavy atom. The van der Waals surface area contributed by atoms with Gasteiger partial charge in [0.1, 0.15) is 0 Å². The van der Waals surface area contributed by atoms with Crippen molar-refractivity contribution in [2.24, 2.45) is 5.41 Å². The molecule has 0 radical (unpaired) electrons. The molecule has 0 fully saturated rings. The van der Waals surface area contributed by atoms with Crippen molar-refractivity contribution in [2.75, 3.05) is 20.1 Å². The maximum Gasteiger partial charge on any atom is 0.0249 e. The first kappa shape index (κ1) is 12.3. The first-order valence-electron chi connectivity index (χ1n) is 4.53. The van der Waals surface area contributed by atoms with Gasteiger partial charge in [0.2, 0.25) is 0 Å². The molecule has 0 rings (SSSR count). The quantitative estimate of drug-likeness (QED) is 0.657. The molecule has 2 nitrogen and oxygen atoms in total. The van der Waals surface area contributed by atoms with Crippen molar-refractivity contribution in [3.05, 3.63) is 0 Å². The number of thiol groups is 1. The fourth-order valence-corrected chi connectivity index (χ4v) is 1.30. The minimum Gasteiger partial charge on any atom is -0.315 e. The van der Waals surface area contributed by atoms with Gasteiger partial charge < -0.3 is 5.32 Å². The van der Waals surface area contributed by atoms with E-state index in [0.717, 1.165) is 13.1 Å². The van der Waals surface area contributed by atoms with Crippen LogP contribution in [0.15, 0.2) is 0 Å². The topological polar surface area (TPSA) is 15.3 Å². The highest BCUT2D eigenvalue weighted by molar-refractivity contribution is 7.77. The second-order valence-corrected chi connectivity index (χ2v) is 4.78. The fourth-order valence-electron chi connectivity index (χ4n) is 1.14. The molecule has 74 valence electrons. The van der Waals surface area contributed by atoms with E-state index in [1.54, 1.807) is 0 Å². The van der Waals surface area contributed by atoms with Crippen LogP contribution in [0, 0.1) is 5.41 Å². The summed E-state index contributed by atoms with van der Waals surface area (Å²) in [5.74, 6) is 0. The molecule has 0 amide bonds. The lowest BCUT2D eigenvalue weighted by molar-refractivity contribution is 0.245. The van der Waals surface area contributed by atoms with Crippen LogP contribution in [0.4, 0.5) is 0 Å². The maximum absolute atomic E-state index is 4.35. The van der Waals surface area contributed by atoms with E-state index in [0.29, 0.717) is 11.5 Å². The normalized spacial score (nSPS) is 15.2. The zero-order valence-corrected chi connectivity index (χ0v) is 9.78. The number of hydrogen-bond acceptors (Lipinski definition) is 3. The summed E-state index contributed by atoms with van der Waals surface area (Å²) >= 11 is 4.35. The largest absolute Gasteiger partial charge is 0.315 e. The number of nitrogens with zero attached hydrogens (tertiary/aromatic N) is 1. The van der Waals surface area contributed by atoms with Gasteiger partial charge in [0, 0.05) is 19.1 Å². The van der Waals surface area contributed by atoms with Gasteiger partial charge in [0.15, 0.2) is 0 Å². The van der Waals surface area contributed by atoms with Gasteiger partial charge in [-0.25, -0.2) is 0 Å². The number of likely N-dealkylation sites (N-methyl/N-ethyl adjacent to an activating group) is 2. The maximum atomic E-state index is 4.35. The molecule has 0 spiro atoms. The highest BCUT2D eigenvalue weighted by Crippen LogP contribution is 2.19. The van der Waals surface area contributed by atoms with Crippen LogP contribution in [0.3, 0.4) is 0 Å². The van der Waals surface area contributed by atoms with Gasteiger partial charge in [-0.1, -0.05) is 40.5 Å². The summed E-state index contributed by atoms with van der Waals surface area (Å²) in [5.41, 5.74) is 0.297. The Hall–Kier alpha value is 0.270. The summed E-state index contributed by atoms with van der Waals surface area (Å²) in [6.45, 7) is 10.8. The molecule has 0 saturated carbocycles. The molecule has 1 N–H and O–H groups in total. The molecule has 0 aromatic heterocycles. The SMILES string of the molecule is CCN(S)CC(NC)C(C)(C)C. The second kappa shape index (κ2) is 5.10. The molecule has 0 bridgehead atoms. The lowest BCUT2D eigenvalue weighted by Crippen LogP contribution is -2.44. The molecule has 12 heavy (non-hydrogen) atoms. The van der Waals surface area contributed by atoms with E-state index in [1.807, 2.05) is 11.4 Å². The molecule has 0 aromatic carbocycles. The smallest absolute Gasteiger partial charge is 0.0249 e. The van der Waals surface area contributed by atoms with Crippen LogP contribution < -0.4 is 5.32 Å². The molecule has 0 aliphatic heterocycles. The van der Waals surface area contributed by atoms with E-state index in [2.05, 4.69) is 45.8 Å². The molecule has 0 aliphatic carbocycles. The van der Waals surface area contributed by atoms with Crippen molar-refractivity contribution in [3.63, 3.8) is 0 Å². The average molecular weight is 190 g/mol. The molecule has 0 saturated heterocycles. The van der Waals surface area contributed by atoms with Crippen molar-refractivity contribution in [1.82, 2.24) is 9.62 Å². The highest BCUT2D eigenvalue weighted by atomic mass is 32.1. The van der Waals surface area contributed by atoms with Crippen LogP contribution in [0.25, 0.3) is 0 Å². The molecular formula is C9H22N2S. The summed E-state index contributed by atoms with van der Waals surface area (Å²) < 4.78 is 2.03. The van der Waals surface area contributed by atoms with E-state index in [9.17, 15) is 0 Å². The van der Waals surface area contributed by atoms with Gasteiger partial charge in [-0.05, 0) is 12.5 Å². The van der Waals surface area contributed by atoms with Crippen LogP contribution in [0.2, 0.25) is 0 Å². The van der Waals surface area contributed by atoms with Gasteiger partial charge >= 0.3 is 0 Å². The predicted molar refractivity (Wildman–Crippen MR) is 58.5 cm³/mol. The highest BCUT2D eigenvalue weighted by Gasteiger charge is 2.23. The van der Waals surface area contributed by atoms with E-state index < -0.39 is 0 Å². The molecule has 0 heterocycles. The van der Waals surface area contributed by atoms with Gasteiger partial charge in [-0.2, -0.15) is 0 Å². The van der Waals surface area contributed by atoms with E-state index in [-0.39, 0.29) is 0 Å². The lowest BCUT2D eigenvalue weighted by Gasteiger charge is -2.32. The third-order valence-corrected chi connectivity index (χ3v) is 2.60. The Morgan fingerprint density at radius 2 is 1.92 bits per heavy atom. The zero-order valence-electron chi connectivity index (χ0n) is 8.89. The Labute approximate surface area is 82.3 Å². The van der Waals surface area contributed by atoms with Gasteiger partial charge in [-0.3, -0.25) is 4.31 Å². The van der Waals surface area contributed by atoms with Gasteiger partial charge in [0.05, 0.1) is 0 Å².